The average molecular weight is 202 g/mol. The first kappa shape index (κ1) is 9.81. The van der Waals surface area contributed by atoms with Crippen LogP contribution in [0.3, 0.4) is 0 Å². The van der Waals surface area contributed by atoms with Gasteiger partial charge in [0.1, 0.15) is 0 Å². The molecule has 1 N–H and O–H groups in total. The maximum atomic E-state index is 10.1. The SMILES string of the molecule is OC(C1CCOC1)C1CCCCS1. The third kappa shape index (κ3) is 2.39. The lowest BCUT2D eigenvalue weighted by atomic mass is 9.96. The predicted molar refractivity (Wildman–Crippen MR) is 55.0 cm³/mol. The van der Waals surface area contributed by atoms with E-state index in [0.29, 0.717) is 11.2 Å². The molecule has 0 amide bonds. The second-order valence-electron chi connectivity index (χ2n) is 4.02. The summed E-state index contributed by atoms with van der Waals surface area (Å²) in [6.45, 7) is 1.62. The Morgan fingerprint density at radius 3 is 2.85 bits per heavy atom. The molecule has 0 radical (unpaired) electrons. The van der Waals surface area contributed by atoms with Crippen LogP contribution in [0, 0.1) is 5.92 Å². The summed E-state index contributed by atoms with van der Waals surface area (Å²) in [6, 6.07) is 0. The molecule has 2 nitrogen and oxygen atoms in total. The van der Waals surface area contributed by atoms with Crippen molar-refractivity contribution < 1.29 is 9.84 Å². The van der Waals surface area contributed by atoms with Gasteiger partial charge in [-0.2, -0.15) is 11.8 Å². The molecule has 13 heavy (non-hydrogen) atoms. The van der Waals surface area contributed by atoms with Gasteiger partial charge in [-0.25, -0.2) is 0 Å². The summed E-state index contributed by atoms with van der Waals surface area (Å²) in [5, 5.41) is 10.6. The van der Waals surface area contributed by atoms with Crippen molar-refractivity contribution in [2.45, 2.75) is 37.0 Å². The van der Waals surface area contributed by atoms with Gasteiger partial charge in [0.2, 0.25) is 0 Å². The molecule has 0 aliphatic carbocycles. The Morgan fingerprint density at radius 2 is 2.23 bits per heavy atom. The highest BCUT2D eigenvalue weighted by Gasteiger charge is 2.31. The molecule has 3 unspecified atom stereocenters. The molecule has 3 atom stereocenters. The van der Waals surface area contributed by atoms with Crippen LogP contribution in [0.5, 0.6) is 0 Å². The van der Waals surface area contributed by atoms with E-state index in [-0.39, 0.29) is 6.10 Å². The molecule has 2 aliphatic rings. The lowest BCUT2D eigenvalue weighted by Crippen LogP contribution is -2.33. The van der Waals surface area contributed by atoms with Gasteiger partial charge in [0.05, 0.1) is 12.7 Å². The van der Waals surface area contributed by atoms with Crippen LogP contribution in [0.15, 0.2) is 0 Å². The maximum Gasteiger partial charge on any atom is 0.0709 e. The van der Waals surface area contributed by atoms with Crippen molar-refractivity contribution in [2.75, 3.05) is 19.0 Å². The molecule has 0 spiro atoms. The Morgan fingerprint density at radius 1 is 1.31 bits per heavy atom. The minimum Gasteiger partial charge on any atom is -0.392 e. The van der Waals surface area contributed by atoms with E-state index in [9.17, 15) is 5.11 Å². The molecule has 3 heteroatoms. The summed E-state index contributed by atoms with van der Waals surface area (Å²) < 4.78 is 5.30. The predicted octanol–water partition coefficient (Wildman–Crippen LogP) is 1.67. The van der Waals surface area contributed by atoms with E-state index in [4.69, 9.17) is 4.74 Å². The summed E-state index contributed by atoms with van der Waals surface area (Å²) in [7, 11) is 0. The lowest BCUT2D eigenvalue weighted by Gasteiger charge is -2.29. The zero-order valence-corrected chi connectivity index (χ0v) is 8.76. The number of thioether (sulfide) groups is 1. The molecule has 0 aromatic carbocycles. The fourth-order valence-electron chi connectivity index (χ4n) is 2.16. The van der Waals surface area contributed by atoms with Gasteiger partial charge in [0.25, 0.3) is 0 Å². The first-order chi connectivity index (χ1) is 6.38. The Hall–Kier alpha value is 0.270. The minimum atomic E-state index is -0.118. The molecule has 2 saturated heterocycles. The molecule has 0 bridgehead atoms. The number of aliphatic hydroxyl groups excluding tert-OH is 1. The standard InChI is InChI=1S/C10H18O2S/c11-10(8-4-5-12-7-8)9-3-1-2-6-13-9/h8-11H,1-7H2. The van der Waals surface area contributed by atoms with Gasteiger partial charge >= 0.3 is 0 Å². The Labute approximate surface area is 84.0 Å². The monoisotopic (exact) mass is 202 g/mol. The van der Waals surface area contributed by atoms with Crippen molar-refractivity contribution in [3.63, 3.8) is 0 Å². The smallest absolute Gasteiger partial charge is 0.0709 e. The van der Waals surface area contributed by atoms with Crippen LogP contribution >= 0.6 is 11.8 Å². The van der Waals surface area contributed by atoms with E-state index < -0.39 is 0 Å². The maximum absolute atomic E-state index is 10.1. The van der Waals surface area contributed by atoms with Gasteiger partial charge in [-0.3, -0.25) is 0 Å². The van der Waals surface area contributed by atoms with Crippen molar-refractivity contribution >= 4 is 11.8 Å². The van der Waals surface area contributed by atoms with E-state index in [1.807, 2.05) is 11.8 Å². The molecular weight excluding hydrogens is 184 g/mol. The van der Waals surface area contributed by atoms with Gasteiger partial charge in [-0.1, -0.05) is 6.42 Å². The molecule has 76 valence electrons. The summed E-state index contributed by atoms with van der Waals surface area (Å²) >= 11 is 1.95. The van der Waals surface area contributed by atoms with E-state index in [2.05, 4.69) is 0 Å². The van der Waals surface area contributed by atoms with Crippen LogP contribution in [-0.4, -0.2) is 35.4 Å². The summed E-state index contributed by atoms with van der Waals surface area (Å²) in [5.74, 6) is 1.64. The van der Waals surface area contributed by atoms with Crippen molar-refractivity contribution in [2.24, 2.45) is 5.92 Å². The molecule has 0 aromatic heterocycles. The highest BCUT2D eigenvalue weighted by molar-refractivity contribution is 8.00. The normalized spacial score (nSPS) is 37.6. The third-order valence-electron chi connectivity index (χ3n) is 3.04. The van der Waals surface area contributed by atoms with Crippen molar-refractivity contribution in [1.29, 1.82) is 0 Å². The highest BCUT2D eigenvalue weighted by atomic mass is 32.2. The van der Waals surface area contributed by atoms with Gasteiger partial charge in [0.15, 0.2) is 0 Å². The van der Waals surface area contributed by atoms with Gasteiger partial charge in [0, 0.05) is 17.8 Å². The molecule has 2 heterocycles. The molecule has 0 saturated carbocycles. The zero-order chi connectivity index (χ0) is 9.10. The highest BCUT2D eigenvalue weighted by Crippen LogP contribution is 2.32. The van der Waals surface area contributed by atoms with Gasteiger partial charge in [-0.15, -0.1) is 0 Å². The number of rotatable bonds is 2. The van der Waals surface area contributed by atoms with E-state index >= 15 is 0 Å². The average Bonchev–Trinajstić information content (AvgIpc) is 2.71. The Kier molecular flexibility index (Phi) is 3.52. The number of hydrogen-bond acceptors (Lipinski definition) is 3. The molecule has 2 aliphatic heterocycles. The van der Waals surface area contributed by atoms with Crippen LogP contribution in [0.1, 0.15) is 25.7 Å². The van der Waals surface area contributed by atoms with Crippen molar-refractivity contribution in [1.82, 2.24) is 0 Å². The fraction of sp³-hybridized carbons (Fsp3) is 1.00. The minimum absolute atomic E-state index is 0.118. The molecular formula is C10H18O2S. The second kappa shape index (κ2) is 4.67. The lowest BCUT2D eigenvalue weighted by molar-refractivity contribution is 0.0866. The molecule has 0 aromatic rings. The quantitative estimate of drug-likeness (QED) is 0.738. The van der Waals surface area contributed by atoms with Crippen LogP contribution < -0.4 is 0 Å². The van der Waals surface area contributed by atoms with Crippen LogP contribution in [0.4, 0.5) is 0 Å². The fourth-order valence-corrected chi connectivity index (χ4v) is 3.59. The van der Waals surface area contributed by atoms with Crippen molar-refractivity contribution in [3.05, 3.63) is 0 Å². The Balaban J connectivity index is 1.83. The second-order valence-corrected chi connectivity index (χ2v) is 5.37. The van der Waals surface area contributed by atoms with Gasteiger partial charge in [-0.05, 0) is 25.0 Å². The van der Waals surface area contributed by atoms with E-state index in [1.54, 1.807) is 0 Å². The van der Waals surface area contributed by atoms with E-state index in [0.717, 1.165) is 19.6 Å². The van der Waals surface area contributed by atoms with E-state index in [1.165, 1.54) is 25.0 Å². The van der Waals surface area contributed by atoms with Crippen LogP contribution in [0.25, 0.3) is 0 Å². The number of ether oxygens (including phenoxy) is 1. The first-order valence-corrected chi connectivity index (χ1v) is 6.30. The van der Waals surface area contributed by atoms with Crippen molar-refractivity contribution in [3.8, 4) is 0 Å². The van der Waals surface area contributed by atoms with Crippen LogP contribution in [0.2, 0.25) is 0 Å². The zero-order valence-electron chi connectivity index (χ0n) is 7.95. The molecule has 2 rings (SSSR count). The topological polar surface area (TPSA) is 29.5 Å². The number of aliphatic hydroxyl groups is 1. The Bertz CT molecular complexity index is 151. The summed E-state index contributed by atoms with van der Waals surface area (Å²) in [4.78, 5) is 0. The summed E-state index contributed by atoms with van der Waals surface area (Å²) in [6.07, 6.45) is 4.76. The number of hydrogen-bond donors (Lipinski definition) is 1. The first-order valence-electron chi connectivity index (χ1n) is 5.25. The van der Waals surface area contributed by atoms with Crippen LogP contribution in [-0.2, 0) is 4.74 Å². The molecule has 2 fully saturated rings. The van der Waals surface area contributed by atoms with Gasteiger partial charge < -0.3 is 9.84 Å². The third-order valence-corrected chi connectivity index (χ3v) is 4.51. The largest absolute Gasteiger partial charge is 0.392 e. The summed E-state index contributed by atoms with van der Waals surface area (Å²) in [5.41, 5.74) is 0.